The molecule has 0 spiro atoms. The van der Waals surface area contributed by atoms with Crippen LogP contribution in [0.15, 0.2) is 51.7 Å². The van der Waals surface area contributed by atoms with Crippen molar-refractivity contribution in [2.45, 2.75) is 0 Å². The number of ether oxygens (including phenoxy) is 1. The second kappa shape index (κ2) is 5.76. The van der Waals surface area contributed by atoms with Crippen molar-refractivity contribution in [3.63, 3.8) is 0 Å². The third-order valence-corrected chi connectivity index (χ3v) is 3.65. The van der Waals surface area contributed by atoms with E-state index in [1.165, 1.54) is 12.1 Å². The van der Waals surface area contributed by atoms with Gasteiger partial charge in [0.25, 0.3) is 0 Å². The Balaban J connectivity index is 2.16. The Morgan fingerprint density at radius 3 is 2.52 bits per heavy atom. The topological polar surface area (TPSA) is 42.7 Å². The average molecular weight is 313 g/mol. The maximum atomic E-state index is 14.1. The van der Waals surface area contributed by atoms with Crippen molar-refractivity contribution in [3.8, 4) is 17.1 Å². The summed E-state index contributed by atoms with van der Waals surface area (Å²) in [5.74, 6) is 0.535. The highest BCUT2D eigenvalue weighted by Crippen LogP contribution is 2.28. The van der Waals surface area contributed by atoms with E-state index in [1.807, 2.05) is 0 Å². The van der Waals surface area contributed by atoms with Gasteiger partial charge in [0, 0.05) is 31.8 Å². The summed E-state index contributed by atoms with van der Waals surface area (Å²) in [5.41, 5.74) is 1.21. The minimum atomic E-state index is -0.374. The fourth-order valence-electron chi connectivity index (χ4n) is 2.43. The fourth-order valence-corrected chi connectivity index (χ4v) is 2.43. The van der Waals surface area contributed by atoms with E-state index in [9.17, 15) is 9.18 Å². The molecule has 0 N–H and O–H groups in total. The number of benzene rings is 2. The van der Waals surface area contributed by atoms with E-state index in [0.717, 1.165) is 0 Å². The second-order valence-corrected chi connectivity index (χ2v) is 5.40. The second-order valence-electron chi connectivity index (χ2n) is 5.40. The normalized spacial score (nSPS) is 10.8. The lowest BCUT2D eigenvalue weighted by Gasteiger charge is -2.14. The fraction of sp³-hybridized carbons (Fsp3) is 0.167. The van der Waals surface area contributed by atoms with E-state index in [2.05, 4.69) is 0 Å². The van der Waals surface area contributed by atoms with Gasteiger partial charge < -0.3 is 14.1 Å². The monoisotopic (exact) mass is 313 g/mol. The maximum absolute atomic E-state index is 14.1. The van der Waals surface area contributed by atoms with Crippen LogP contribution >= 0.6 is 0 Å². The van der Waals surface area contributed by atoms with Crippen LogP contribution in [0.25, 0.3) is 22.3 Å². The number of anilines is 1. The Bertz CT molecular complexity index is 931. The SMILES string of the molecule is COc1ccc2c(=O)cc(-c3ccc(N(C)C)c(F)c3)oc2c1. The lowest BCUT2D eigenvalue weighted by atomic mass is 10.1. The molecular weight excluding hydrogens is 297 g/mol. The van der Waals surface area contributed by atoms with Gasteiger partial charge in [-0.1, -0.05) is 0 Å². The largest absolute Gasteiger partial charge is 0.497 e. The van der Waals surface area contributed by atoms with Gasteiger partial charge in [0.1, 0.15) is 22.9 Å². The summed E-state index contributed by atoms with van der Waals surface area (Å²) >= 11 is 0. The molecule has 23 heavy (non-hydrogen) atoms. The molecule has 1 heterocycles. The Hall–Kier alpha value is -2.82. The molecule has 0 saturated heterocycles. The quantitative estimate of drug-likeness (QED) is 0.740. The highest BCUT2D eigenvalue weighted by Gasteiger charge is 2.11. The molecule has 1 aromatic heterocycles. The van der Waals surface area contributed by atoms with Crippen LogP contribution < -0.4 is 15.1 Å². The highest BCUT2D eigenvalue weighted by atomic mass is 19.1. The van der Waals surface area contributed by atoms with Crippen molar-refractivity contribution >= 4 is 16.7 Å². The van der Waals surface area contributed by atoms with Gasteiger partial charge in [0.2, 0.25) is 0 Å². The molecule has 0 bridgehead atoms. The first-order chi connectivity index (χ1) is 11.0. The first-order valence-electron chi connectivity index (χ1n) is 7.09. The predicted molar refractivity (Wildman–Crippen MR) is 88.8 cm³/mol. The van der Waals surface area contributed by atoms with Crippen LogP contribution in [0.5, 0.6) is 5.75 Å². The number of rotatable bonds is 3. The van der Waals surface area contributed by atoms with Crippen LogP contribution in [0.2, 0.25) is 0 Å². The summed E-state index contributed by atoms with van der Waals surface area (Å²) in [4.78, 5) is 13.9. The third kappa shape index (κ3) is 2.77. The summed E-state index contributed by atoms with van der Waals surface area (Å²) < 4.78 is 25.0. The van der Waals surface area contributed by atoms with E-state index in [0.29, 0.717) is 33.7 Å². The van der Waals surface area contributed by atoms with Gasteiger partial charge in [0.15, 0.2) is 5.43 Å². The third-order valence-electron chi connectivity index (χ3n) is 3.65. The molecule has 0 radical (unpaired) electrons. The van der Waals surface area contributed by atoms with Crippen LogP contribution in [0, 0.1) is 5.82 Å². The van der Waals surface area contributed by atoms with Crippen molar-refractivity contribution in [1.82, 2.24) is 0 Å². The van der Waals surface area contributed by atoms with Crippen LogP contribution in [0.3, 0.4) is 0 Å². The molecule has 0 aliphatic carbocycles. The lowest BCUT2D eigenvalue weighted by Crippen LogP contribution is -2.10. The summed E-state index contributed by atoms with van der Waals surface area (Å²) in [6.07, 6.45) is 0. The predicted octanol–water partition coefficient (Wildman–Crippen LogP) is 3.67. The molecule has 4 nitrogen and oxygen atoms in total. The number of nitrogens with zero attached hydrogens (tertiary/aromatic N) is 1. The number of methoxy groups -OCH3 is 1. The molecule has 0 amide bonds. The Morgan fingerprint density at radius 1 is 1.09 bits per heavy atom. The molecule has 0 fully saturated rings. The van der Waals surface area contributed by atoms with Crippen molar-refractivity contribution < 1.29 is 13.5 Å². The number of hydrogen-bond donors (Lipinski definition) is 0. The van der Waals surface area contributed by atoms with Gasteiger partial charge >= 0.3 is 0 Å². The smallest absolute Gasteiger partial charge is 0.193 e. The zero-order valence-electron chi connectivity index (χ0n) is 13.1. The first-order valence-corrected chi connectivity index (χ1v) is 7.09. The lowest BCUT2D eigenvalue weighted by molar-refractivity contribution is 0.414. The van der Waals surface area contributed by atoms with Gasteiger partial charge in [0.05, 0.1) is 18.2 Å². The molecule has 0 saturated carbocycles. The van der Waals surface area contributed by atoms with E-state index in [4.69, 9.17) is 9.15 Å². The minimum Gasteiger partial charge on any atom is -0.497 e. The molecule has 0 aliphatic heterocycles. The summed E-state index contributed by atoms with van der Waals surface area (Å²) in [6, 6.07) is 11.1. The van der Waals surface area contributed by atoms with Gasteiger partial charge in [-0.25, -0.2) is 4.39 Å². The van der Waals surface area contributed by atoms with Gasteiger partial charge in [-0.05, 0) is 30.3 Å². The van der Waals surface area contributed by atoms with E-state index in [1.54, 1.807) is 56.4 Å². The minimum absolute atomic E-state index is 0.180. The van der Waals surface area contributed by atoms with Gasteiger partial charge in [-0.2, -0.15) is 0 Å². The van der Waals surface area contributed by atoms with E-state index in [-0.39, 0.29) is 11.2 Å². The van der Waals surface area contributed by atoms with Crippen LogP contribution in [0.4, 0.5) is 10.1 Å². The van der Waals surface area contributed by atoms with Gasteiger partial charge in [-0.3, -0.25) is 4.79 Å². The number of fused-ring (bicyclic) bond motifs is 1. The summed E-state index contributed by atoms with van der Waals surface area (Å²) in [6.45, 7) is 0. The zero-order chi connectivity index (χ0) is 16.6. The van der Waals surface area contributed by atoms with E-state index < -0.39 is 0 Å². The Kier molecular flexibility index (Phi) is 3.78. The van der Waals surface area contributed by atoms with Crippen molar-refractivity contribution in [2.24, 2.45) is 0 Å². The molecule has 3 aromatic rings. The first kappa shape index (κ1) is 15.1. The Labute approximate surface area is 132 Å². The molecular formula is C18H16FNO3. The van der Waals surface area contributed by atoms with Crippen molar-refractivity contribution in [1.29, 1.82) is 0 Å². The number of halogens is 1. The van der Waals surface area contributed by atoms with Crippen LogP contribution in [0.1, 0.15) is 0 Å². The molecule has 0 atom stereocenters. The van der Waals surface area contributed by atoms with Crippen molar-refractivity contribution in [2.75, 3.05) is 26.1 Å². The van der Waals surface area contributed by atoms with Gasteiger partial charge in [-0.15, -0.1) is 0 Å². The zero-order valence-corrected chi connectivity index (χ0v) is 13.1. The maximum Gasteiger partial charge on any atom is 0.193 e. The average Bonchev–Trinajstić information content (AvgIpc) is 2.53. The summed E-state index contributed by atoms with van der Waals surface area (Å²) in [7, 11) is 5.07. The number of hydrogen-bond acceptors (Lipinski definition) is 4. The molecule has 0 aliphatic rings. The molecule has 118 valence electrons. The molecule has 0 unspecified atom stereocenters. The molecule has 5 heteroatoms. The van der Waals surface area contributed by atoms with E-state index >= 15 is 0 Å². The standard InChI is InChI=1S/C18H16FNO3/c1-20(2)15-7-4-11(8-14(15)19)17-10-16(21)13-6-5-12(22-3)9-18(13)23-17/h4-10H,1-3H3. The highest BCUT2D eigenvalue weighted by molar-refractivity contribution is 5.80. The molecule has 3 rings (SSSR count). The van der Waals surface area contributed by atoms with Crippen molar-refractivity contribution in [3.05, 3.63) is 58.5 Å². The van der Waals surface area contributed by atoms with Crippen LogP contribution in [-0.2, 0) is 0 Å². The summed E-state index contributed by atoms with van der Waals surface area (Å²) in [5, 5.41) is 0.458. The van der Waals surface area contributed by atoms with Crippen LogP contribution in [-0.4, -0.2) is 21.2 Å². The molecule has 2 aromatic carbocycles. The Morgan fingerprint density at radius 2 is 1.87 bits per heavy atom.